The van der Waals surface area contributed by atoms with Crippen molar-refractivity contribution in [3.8, 4) is 0 Å². The lowest BCUT2D eigenvalue weighted by molar-refractivity contribution is 0.183. The Morgan fingerprint density at radius 2 is 2.23 bits per heavy atom. The van der Waals surface area contributed by atoms with E-state index >= 15 is 0 Å². The molecule has 1 aliphatic rings. The zero-order valence-corrected chi connectivity index (χ0v) is 9.03. The molecule has 0 aliphatic carbocycles. The van der Waals surface area contributed by atoms with Crippen LogP contribution in [0.2, 0.25) is 0 Å². The molecule has 0 aromatic carbocycles. The van der Waals surface area contributed by atoms with Crippen molar-refractivity contribution in [3.05, 3.63) is 0 Å². The van der Waals surface area contributed by atoms with Gasteiger partial charge in [0.2, 0.25) is 0 Å². The van der Waals surface area contributed by atoms with Crippen LogP contribution in [0.25, 0.3) is 0 Å². The summed E-state index contributed by atoms with van der Waals surface area (Å²) in [5.74, 6) is 0.418. The average Bonchev–Trinajstić information content (AvgIpc) is 2.52. The standard InChI is InChI=1S/C10H22N2O/c1-9(8-13)6-12-5-4-10(7-12)11(2)3/h9-10,13H,4-8H2,1-3H3. The van der Waals surface area contributed by atoms with E-state index in [9.17, 15) is 0 Å². The fraction of sp³-hybridized carbons (Fsp3) is 1.00. The first-order valence-corrected chi connectivity index (χ1v) is 5.13. The van der Waals surface area contributed by atoms with Gasteiger partial charge in [0.15, 0.2) is 0 Å². The van der Waals surface area contributed by atoms with E-state index in [1.807, 2.05) is 0 Å². The van der Waals surface area contributed by atoms with Crippen molar-refractivity contribution in [2.45, 2.75) is 19.4 Å². The van der Waals surface area contributed by atoms with Gasteiger partial charge in [-0.3, -0.25) is 0 Å². The summed E-state index contributed by atoms with van der Waals surface area (Å²) >= 11 is 0. The molecule has 2 unspecified atom stereocenters. The summed E-state index contributed by atoms with van der Waals surface area (Å²) in [5, 5.41) is 8.93. The molecule has 1 aliphatic heterocycles. The van der Waals surface area contributed by atoms with E-state index in [4.69, 9.17) is 5.11 Å². The van der Waals surface area contributed by atoms with Gasteiger partial charge in [0.25, 0.3) is 0 Å². The minimum absolute atomic E-state index is 0.309. The monoisotopic (exact) mass is 186 g/mol. The first-order chi connectivity index (χ1) is 6.13. The van der Waals surface area contributed by atoms with Crippen LogP contribution in [0, 0.1) is 5.92 Å². The smallest absolute Gasteiger partial charge is 0.0468 e. The van der Waals surface area contributed by atoms with Crippen LogP contribution >= 0.6 is 0 Å². The van der Waals surface area contributed by atoms with Gasteiger partial charge in [0.05, 0.1) is 0 Å². The van der Waals surface area contributed by atoms with Gasteiger partial charge >= 0.3 is 0 Å². The number of nitrogens with zero attached hydrogens (tertiary/aromatic N) is 2. The molecule has 0 saturated carbocycles. The van der Waals surface area contributed by atoms with Gasteiger partial charge in [-0.15, -0.1) is 0 Å². The van der Waals surface area contributed by atoms with Gasteiger partial charge < -0.3 is 14.9 Å². The molecule has 0 amide bonds. The molecule has 1 fully saturated rings. The van der Waals surface area contributed by atoms with E-state index in [0.29, 0.717) is 18.6 Å². The Bertz CT molecular complexity index is 150. The third kappa shape index (κ3) is 3.25. The van der Waals surface area contributed by atoms with Crippen LogP contribution < -0.4 is 0 Å². The minimum Gasteiger partial charge on any atom is -0.396 e. The van der Waals surface area contributed by atoms with Crippen molar-refractivity contribution in [2.24, 2.45) is 5.92 Å². The molecule has 1 saturated heterocycles. The number of rotatable bonds is 4. The molecular weight excluding hydrogens is 164 g/mol. The zero-order chi connectivity index (χ0) is 9.84. The zero-order valence-electron chi connectivity index (χ0n) is 9.03. The average molecular weight is 186 g/mol. The summed E-state index contributed by atoms with van der Waals surface area (Å²) in [4.78, 5) is 4.75. The topological polar surface area (TPSA) is 26.7 Å². The predicted octanol–water partition coefficient (Wildman–Crippen LogP) is 0.251. The maximum absolute atomic E-state index is 8.93. The maximum Gasteiger partial charge on any atom is 0.0468 e. The Labute approximate surface area is 81.3 Å². The molecule has 3 heteroatoms. The normalized spacial score (nSPS) is 27.0. The van der Waals surface area contributed by atoms with E-state index in [1.54, 1.807) is 0 Å². The molecular formula is C10H22N2O. The van der Waals surface area contributed by atoms with Crippen molar-refractivity contribution >= 4 is 0 Å². The second-order valence-electron chi connectivity index (χ2n) is 4.45. The molecule has 0 aromatic rings. The fourth-order valence-electron chi connectivity index (χ4n) is 1.90. The summed E-state index contributed by atoms with van der Waals surface area (Å²) in [6, 6.07) is 0.714. The van der Waals surface area contributed by atoms with Crippen LogP contribution in [0.3, 0.4) is 0 Å². The Morgan fingerprint density at radius 3 is 2.69 bits per heavy atom. The Balaban J connectivity index is 2.25. The summed E-state index contributed by atoms with van der Waals surface area (Å²) in [5.41, 5.74) is 0. The lowest BCUT2D eigenvalue weighted by atomic mass is 10.2. The molecule has 0 radical (unpaired) electrons. The van der Waals surface area contributed by atoms with Crippen molar-refractivity contribution in [1.82, 2.24) is 9.80 Å². The van der Waals surface area contributed by atoms with Gasteiger partial charge in [-0.1, -0.05) is 6.92 Å². The van der Waals surface area contributed by atoms with Crippen molar-refractivity contribution < 1.29 is 5.11 Å². The molecule has 0 spiro atoms. The van der Waals surface area contributed by atoms with Gasteiger partial charge in [0, 0.05) is 25.7 Å². The Morgan fingerprint density at radius 1 is 1.54 bits per heavy atom. The summed E-state index contributed by atoms with van der Waals surface area (Å²) in [7, 11) is 4.28. The largest absolute Gasteiger partial charge is 0.396 e. The SMILES string of the molecule is CC(CO)CN1CCC(N(C)C)C1. The van der Waals surface area contributed by atoms with E-state index < -0.39 is 0 Å². The van der Waals surface area contributed by atoms with E-state index in [2.05, 4.69) is 30.8 Å². The van der Waals surface area contributed by atoms with Crippen molar-refractivity contribution in [1.29, 1.82) is 0 Å². The van der Waals surface area contributed by atoms with Gasteiger partial charge in [-0.05, 0) is 33.0 Å². The van der Waals surface area contributed by atoms with Crippen LogP contribution in [-0.4, -0.2) is 61.3 Å². The molecule has 0 bridgehead atoms. The van der Waals surface area contributed by atoms with Gasteiger partial charge in [0.1, 0.15) is 0 Å². The van der Waals surface area contributed by atoms with E-state index in [1.165, 1.54) is 13.0 Å². The first-order valence-electron chi connectivity index (χ1n) is 5.13. The highest BCUT2D eigenvalue weighted by molar-refractivity contribution is 4.81. The number of aliphatic hydroxyl groups excluding tert-OH is 1. The summed E-state index contributed by atoms with van der Waals surface area (Å²) in [6.07, 6.45) is 1.27. The number of hydrogen-bond donors (Lipinski definition) is 1. The second-order valence-corrected chi connectivity index (χ2v) is 4.45. The van der Waals surface area contributed by atoms with Crippen molar-refractivity contribution in [3.63, 3.8) is 0 Å². The quantitative estimate of drug-likeness (QED) is 0.682. The molecule has 0 aromatic heterocycles. The number of aliphatic hydroxyl groups is 1. The summed E-state index contributed by atoms with van der Waals surface area (Å²) < 4.78 is 0. The first kappa shape index (κ1) is 11.0. The number of hydrogen-bond acceptors (Lipinski definition) is 3. The lowest BCUT2D eigenvalue weighted by Gasteiger charge is -2.22. The van der Waals surface area contributed by atoms with Crippen LogP contribution in [0.5, 0.6) is 0 Å². The molecule has 78 valence electrons. The van der Waals surface area contributed by atoms with Crippen LogP contribution in [-0.2, 0) is 0 Å². The Hall–Kier alpha value is -0.120. The van der Waals surface area contributed by atoms with E-state index in [-0.39, 0.29) is 0 Å². The highest BCUT2D eigenvalue weighted by atomic mass is 16.3. The highest BCUT2D eigenvalue weighted by Gasteiger charge is 2.24. The second kappa shape index (κ2) is 4.94. The van der Waals surface area contributed by atoms with E-state index in [0.717, 1.165) is 13.1 Å². The maximum atomic E-state index is 8.93. The van der Waals surface area contributed by atoms with Crippen LogP contribution in [0.1, 0.15) is 13.3 Å². The van der Waals surface area contributed by atoms with Gasteiger partial charge in [-0.2, -0.15) is 0 Å². The number of likely N-dealkylation sites (tertiary alicyclic amines) is 1. The van der Waals surface area contributed by atoms with Gasteiger partial charge in [-0.25, -0.2) is 0 Å². The van der Waals surface area contributed by atoms with Crippen LogP contribution in [0.4, 0.5) is 0 Å². The van der Waals surface area contributed by atoms with Crippen LogP contribution in [0.15, 0.2) is 0 Å². The lowest BCUT2D eigenvalue weighted by Crippen LogP contribution is -2.33. The molecule has 13 heavy (non-hydrogen) atoms. The molecule has 2 atom stereocenters. The Kier molecular flexibility index (Phi) is 4.16. The highest BCUT2D eigenvalue weighted by Crippen LogP contribution is 2.14. The molecule has 1 N–H and O–H groups in total. The fourth-order valence-corrected chi connectivity index (χ4v) is 1.90. The number of likely N-dealkylation sites (N-methyl/N-ethyl adjacent to an activating group) is 1. The molecule has 1 rings (SSSR count). The third-order valence-electron chi connectivity index (χ3n) is 2.86. The summed E-state index contributed by atoms with van der Waals surface area (Å²) in [6.45, 7) is 5.80. The molecule has 1 heterocycles. The molecule has 3 nitrogen and oxygen atoms in total. The minimum atomic E-state index is 0.309. The predicted molar refractivity (Wildman–Crippen MR) is 54.8 cm³/mol. The third-order valence-corrected chi connectivity index (χ3v) is 2.86. The van der Waals surface area contributed by atoms with Crippen molar-refractivity contribution in [2.75, 3.05) is 40.3 Å².